The Bertz CT molecular complexity index is 360. The smallest absolute Gasteiger partial charge is 0.192 e. The van der Waals surface area contributed by atoms with E-state index in [1.807, 2.05) is 0 Å². The van der Waals surface area contributed by atoms with Gasteiger partial charge in [-0.25, -0.2) is 0 Å². The van der Waals surface area contributed by atoms with Crippen LogP contribution in [0.5, 0.6) is 0 Å². The molecule has 0 aliphatic carbocycles. The second-order valence-electron chi connectivity index (χ2n) is 6.94. The maximum atomic E-state index is 10.0. The lowest BCUT2D eigenvalue weighted by molar-refractivity contribution is -0.178. The van der Waals surface area contributed by atoms with Gasteiger partial charge in [0.25, 0.3) is 0 Å². The molecule has 0 saturated heterocycles. The molecule has 0 radical (unpaired) electrons. The van der Waals surface area contributed by atoms with Crippen LogP contribution in [-0.2, 0) is 13.9 Å². The van der Waals surface area contributed by atoms with Crippen molar-refractivity contribution >= 4 is 8.32 Å². The van der Waals surface area contributed by atoms with Gasteiger partial charge in [-0.15, -0.1) is 6.58 Å². The van der Waals surface area contributed by atoms with E-state index >= 15 is 0 Å². The van der Waals surface area contributed by atoms with Gasteiger partial charge < -0.3 is 19.0 Å². The van der Waals surface area contributed by atoms with Crippen LogP contribution in [0.3, 0.4) is 0 Å². The maximum Gasteiger partial charge on any atom is 0.192 e. The van der Waals surface area contributed by atoms with Gasteiger partial charge in [0.05, 0.1) is 13.2 Å². The Morgan fingerprint density at radius 1 is 1.33 bits per heavy atom. The molecule has 5 heteroatoms. The van der Waals surface area contributed by atoms with Gasteiger partial charge in [0.2, 0.25) is 0 Å². The van der Waals surface area contributed by atoms with Gasteiger partial charge >= 0.3 is 0 Å². The number of aliphatic hydroxyl groups is 1. The summed E-state index contributed by atoms with van der Waals surface area (Å²) in [5.41, 5.74) is 0. The van der Waals surface area contributed by atoms with E-state index < -0.39 is 20.7 Å². The summed E-state index contributed by atoms with van der Waals surface area (Å²) >= 11 is 0. The lowest BCUT2D eigenvalue weighted by Crippen LogP contribution is -2.46. The first-order chi connectivity index (χ1) is 9.67. The van der Waals surface area contributed by atoms with Gasteiger partial charge in [0.15, 0.2) is 14.6 Å². The molecule has 0 spiro atoms. The first kappa shape index (κ1) is 18.6. The van der Waals surface area contributed by atoms with Crippen molar-refractivity contribution < 1.29 is 19.0 Å². The quantitative estimate of drug-likeness (QED) is 0.445. The second-order valence-corrected chi connectivity index (χ2v) is 11.7. The lowest BCUT2D eigenvalue weighted by atomic mass is 10.1. The van der Waals surface area contributed by atoms with Gasteiger partial charge in [0.1, 0.15) is 12.2 Å². The number of aliphatic hydroxyl groups excluding tert-OH is 1. The molecule has 3 atom stereocenters. The molecule has 1 heterocycles. The monoisotopic (exact) mass is 314 g/mol. The predicted molar refractivity (Wildman–Crippen MR) is 87.7 cm³/mol. The molecule has 0 amide bonds. The maximum absolute atomic E-state index is 10.0. The van der Waals surface area contributed by atoms with E-state index in [0.29, 0.717) is 13.2 Å². The van der Waals surface area contributed by atoms with E-state index in [2.05, 4.69) is 40.4 Å². The first-order valence-electron chi connectivity index (χ1n) is 7.55. The summed E-state index contributed by atoms with van der Waals surface area (Å²) in [6.45, 7) is 15.6. The summed E-state index contributed by atoms with van der Waals surface area (Å²) in [4.78, 5) is 0. The van der Waals surface area contributed by atoms with E-state index in [9.17, 15) is 5.11 Å². The Kier molecular flexibility index (Phi) is 6.81. The van der Waals surface area contributed by atoms with Gasteiger partial charge in [0, 0.05) is 0 Å². The zero-order chi connectivity index (χ0) is 16.1. The molecule has 1 rings (SSSR count). The van der Waals surface area contributed by atoms with Crippen LogP contribution in [0, 0.1) is 0 Å². The fraction of sp³-hybridized carbons (Fsp3) is 0.750. The largest absolute Gasteiger partial charge is 0.414 e. The first-order valence-corrected chi connectivity index (χ1v) is 10.5. The minimum atomic E-state index is -1.84. The van der Waals surface area contributed by atoms with Crippen molar-refractivity contribution in [1.29, 1.82) is 0 Å². The molecular formula is C16H30O4Si. The highest BCUT2D eigenvalue weighted by molar-refractivity contribution is 6.74. The Labute approximate surface area is 129 Å². The fourth-order valence-electron chi connectivity index (χ4n) is 1.63. The van der Waals surface area contributed by atoms with Crippen molar-refractivity contribution in [1.82, 2.24) is 0 Å². The van der Waals surface area contributed by atoms with E-state index in [1.165, 1.54) is 0 Å². The summed E-state index contributed by atoms with van der Waals surface area (Å²) in [7, 11) is -1.84. The molecule has 0 unspecified atom stereocenters. The van der Waals surface area contributed by atoms with Gasteiger partial charge in [-0.05, 0) is 30.6 Å². The van der Waals surface area contributed by atoms with Crippen LogP contribution in [0.15, 0.2) is 24.8 Å². The third-order valence-corrected chi connectivity index (χ3v) is 8.67. The molecule has 0 aromatic carbocycles. The van der Waals surface area contributed by atoms with Crippen molar-refractivity contribution in [3.63, 3.8) is 0 Å². The minimum Gasteiger partial charge on any atom is -0.414 e. The van der Waals surface area contributed by atoms with E-state index in [-0.39, 0.29) is 11.1 Å². The summed E-state index contributed by atoms with van der Waals surface area (Å²) in [6, 6.07) is 0. The van der Waals surface area contributed by atoms with Crippen LogP contribution >= 0.6 is 0 Å². The Hall–Kier alpha value is -0.463. The highest BCUT2D eigenvalue weighted by Gasteiger charge is 2.38. The van der Waals surface area contributed by atoms with Crippen LogP contribution in [0.2, 0.25) is 18.1 Å². The van der Waals surface area contributed by atoms with Crippen LogP contribution in [0.25, 0.3) is 0 Å². The number of rotatable bonds is 7. The molecule has 1 aliphatic heterocycles. The zero-order valence-corrected chi connectivity index (χ0v) is 15.0. The molecule has 0 bridgehead atoms. The molecule has 4 nitrogen and oxygen atoms in total. The Morgan fingerprint density at radius 2 is 2.00 bits per heavy atom. The Morgan fingerprint density at radius 3 is 2.57 bits per heavy atom. The lowest BCUT2D eigenvalue weighted by Gasteiger charge is -2.38. The van der Waals surface area contributed by atoms with Gasteiger partial charge in [-0.1, -0.05) is 32.9 Å². The average Bonchev–Trinajstić information content (AvgIpc) is 2.38. The normalized spacial score (nSPS) is 26.9. The molecule has 0 fully saturated rings. The topological polar surface area (TPSA) is 47.9 Å². The molecule has 0 aromatic heterocycles. The molecule has 0 aromatic rings. The van der Waals surface area contributed by atoms with Crippen molar-refractivity contribution in [2.24, 2.45) is 0 Å². The summed E-state index contributed by atoms with van der Waals surface area (Å²) in [5.74, 6) is 0. The number of hydrogen-bond acceptors (Lipinski definition) is 4. The predicted octanol–water partition coefficient (Wildman–Crippen LogP) is 3.24. The van der Waals surface area contributed by atoms with Crippen molar-refractivity contribution in [3.05, 3.63) is 24.8 Å². The highest BCUT2D eigenvalue weighted by Crippen LogP contribution is 2.36. The third-order valence-electron chi connectivity index (χ3n) is 4.17. The molecule has 1 N–H and O–H groups in total. The minimum absolute atomic E-state index is 0.141. The second kappa shape index (κ2) is 7.69. The molecule has 21 heavy (non-hydrogen) atoms. The molecule has 0 saturated carbocycles. The molecule has 122 valence electrons. The van der Waals surface area contributed by atoms with Crippen LogP contribution in [0.4, 0.5) is 0 Å². The fourth-order valence-corrected chi connectivity index (χ4v) is 2.65. The van der Waals surface area contributed by atoms with E-state index in [0.717, 1.165) is 6.42 Å². The standard InChI is InChI=1S/C16H30O4Si/c1-7-8-11-18-15-10-9-13(17)14(20-15)12-19-21(5,6)16(2,3)4/h7,9-10,13-15,17H,1,8,11-12H2,2-6H3/t13-,14+,15-/m0/s1. The van der Waals surface area contributed by atoms with Crippen LogP contribution in [0.1, 0.15) is 27.2 Å². The van der Waals surface area contributed by atoms with Crippen molar-refractivity contribution in [2.75, 3.05) is 13.2 Å². The molecular weight excluding hydrogens is 284 g/mol. The average molecular weight is 314 g/mol. The van der Waals surface area contributed by atoms with Crippen LogP contribution in [-0.4, -0.2) is 45.1 Å². The van der Waals surface area contributed by atoms with Crippen molar-refractivity contribution in [2.45, 2.75) is 63.8 Å². The third kappa shape index (κ3) is 5.68. The summed E-state index contributed by atoms with van der Waals surface area (Å²) < 4.78 is 17.4. The summed E-state index contributed by atoms with van der Waals surface area (Å²) in [6.07, 6.45) is 4.62. The van der Waals surface area contributed by atoms with E-state index in [1.54, 1.807) is 18.2 Å². The molecule has 1 aliphatic rings. The Balaban J connectivity index is 2.51. The highest BCUT2D eigenvalue weighted by atomic mass is 28.4. The van der Waals surface area contributed by atoms with Crippen molar-refractivity contribution in [3.8, 4) is 0 Å². The van der Waals surface area contributed by atoms with Gasteiger partial charge in [-0.3, -0.25) is 0 Å². The van der Waals surface area contributed by atoms with E-state index in [4.69, 9.17) is 13.9 Å². The van der Waals surface area contributed by atoms with Gasteiger partial charge in [-0.2, -0.15) is 0 Å². The number of hydrogen-bond donors (Lipinski definition) is 1. The summed E-state index contributed by atoms with van der Waals surface area (Å²) in [5, 5.41) is 10.2. The van der Waals surface area contributed by atoms with Crippen LogP contribution < -0.4 is 0 Å². The SMILES string of the molecule is C=CCCO[C@@H]1C=C[C@H](O)[C@@H](CO[Si](C)(C)C(C)(C)C)O1. The zero-order valence-electron chi connectivity index (χ0n) is 14.0. The number of ether oxygens (including phenoxy) is 2.